The predicted molar refractivity (Wildman–Crippen MR) is 65.2 cm³/mol. The van der Waals surface area contributed by atoms with Gasteiger partial charge in [0.1, 0.15) is 17.7 Å². The van der Waals surface area contributed by atoms with Crippen molar-refractivity contribution in [2.75, 3.05) is 6.61 Å². The summed E-state index contributed by atoms with van der Waals surface area (Å²) in [5.74, 6) is -0.103. The highest BCUT2D eigenvalue weighted by Gasteiger charge is 2.37. The Bertz CT molecular complexity index is 468. The van der Waals surface area contributed by atoms with Gasteiger partial charge < -0.3 is 9.84 Å². The van der Waals surface area contributed by atoms with Gasteiger partial charge in [0.2, 0.25) is 0 Å². The van der Waals surface area contributed by atoms with Gasteiger partial charge in [0.15, 0.2) is 5.78 Å². The van der Waals surface area contributed by atoms with E-state index in [0.29, 0.717) is 17.7 Å². The van der Waals surface area contributed by atoms with E-state index in [1.807, 2.05) is 13.8 Å². The summed E-state index contributed by atoms with van der Waals surface area (Å²) < 4.78 is 18.9. The standard InChI is InChI=1S/C14H17FO3/c1-14(2,5-6-16)13-8-11(17)10-7-9(15)3-4-12(10)18-13/h3-4,7,13,16H,5-6,8H2,1-2H3/t13-/m0/s1. The van der Waals surface area contributed by atoms with Crippen LogP contribution in [0.15, 0.2) is 18.2 Å². The van der Waals surface area contributed by atoms with E-state index in [1.54, 1.807) is 0 Å². The van der Waals surface area contributed by atoms with Gasteiger partial charge in [-0.05, 0) is 24.6 Å². The number of carbonyl (C=O) groups is 1. The highest BCUT2D eigenvalue weighted by atomic mass is 19.1. The zero-order chi connectivity index (χ0) is 13.3. The lowest BCUT2D eigenvalue weighted by atomic mass is 9.79. The molecule has 0 amide bonds. The molecule has 1 heterocycles. The first-order valence-electron chi connectivity index (χ1n) is 6.04. The number of rotatable bonds is 3. The van der Waals surface area contributed by atoms with Crippen molar-refractivity contribution in [1.82, 2.24) is 0 Å². The first kappa shape index (κ1) is 13.0. The molecule has 1 aliphatic heterocycles. The fraction of sp³-hybridized carbons (Fsp3) is 0.500. The van der Waals surface area contributed by atoms with Gasteiger partial charge in [-0.25, -0.2) is 4.39 Å². The number of aliphatic hydroxyl groups is 1. The second kappa shape index (κ2) is 4.69. The maximum atomic E-state index is 13.1. The summed E-state index contributed by atoms with van der Waals surface area (Å²) in [6.07, 6.45) is 0.500. The van der Waals surface area contributed by atoms with E-state index in [4.69, 9.17) is 9.84 Å². The van der Waals surface area contributed by atoms with E-state index >= 15 is 0 Å². The van der Waals surface area contributed by atoms with Gasteiger partial charge in [-0.2, -0.15) is 0 Å². The third-order valence-corrected chi connectivity index (χ3v) is 3.51. The molecule has 0 aliphatic carbocycles. The Kier molecular flexibility index (Phi) is 3.39. The van der Waals surface area contributed by atoms with Crippen molar-refractivity contribution in [2.24, 2.45) is 5.41 Å². The van der Waals surface area contributed by atoms with Crippen LogP contribution in [-0.2, 0) is 0 Å². The van der Waals surface area contributed by atoms with Gasteiger partial charge in [-0.3, -0.25) is 4.79 Å². The van der Waals surface area contributed by atoms with E-state index in [0.717, 1.165) is 0 Å². The number of aliphatic hydroxyl groups excluding tert-OH is 1. The van der Waals surface area contributed by atoms with Crippen molar-refractivity contribution in [3.8, 4) is 5.75 Å². The number of halogens is 1. The van der Waals surface area contributed by atoms with Crippen LogP contribution in [0.5, 0.6) is 5.75 Å². The van der Waals surface area contributed by atoms with Crippen molar-refractivity contribution >= 4 is 5.78 Å². The molecule has 0 aromatic heterocycles. The first-order chi connectivity index (χ1) is 8.44. The molecule has 2 rings (SSSR count). The largest absolute Gasteiger partial charge is 0.489 e. The minimum Gasteiger partial charge on any atom is -0.489 e. The van der Waals surface area contributed by atoms with Gasteiger partial charge in [-0.1, -0.05) is 13.8 Å². The molecule has 1 aromatic rings. The molecule has 0 bridgehead atoms. The quantitative estimate of drug-likeness (QED) is 0.899. The van der Waals surface area contributed by atoms with E-state index in [2.05, 4.69) is 0 Å². The second-order valence-corrected chi connectivity index (χ2v) is 5.34. The number of Topliss-reactive ketones (excluding diaryl/α,β-unsaturated/α-hetero) is 1. The molecule has 18 heavy (non-hydrogen) atoms. The van der Waals surface area contributed by atoms with Crippen molar-refractivity contribution in [2.45, 2.75) is 32.8 Å². The highest BCUT2D eigenvalue weighted by Crippen LogP contribution is 2.37. The Labute approximate surface area is 106 Å². The number of ketones is 1. The third-order valence-electron chi connectivity index (χ3n) is 3.51. The topological polar surface area (TPSA) is 46.5 Å². The molecule has 0 fully saturated rings. The summed E-state index contributed by atoms with van der Waals surface area (Å²) in [5, 5.41) is 9.04. The fourth-order valence-corrected chi connectivity index (χ4v) is 2.18. The van der Waals surface area contributed by atoms with Crippen LogP contribution in [0.2, 0.25) is 0 Å². The Hall–Kier alpha value is -1.42. The summed E-state index contributed by atoms with van der Waals surface area (Å²) in [6, 6.07) is 3.99. The first-order valence-corrected chi connectivity index (χ1v) is 6.04. The van der Waals surface area contributed by atoms with Crippen LogP contribution < -0.4 is 4.74 Å². The smallest absolute Gasteiger partial charge is 0.170 e. The maximum absolute atomic E-state index is 13.1. The molecule has 1 aromatic carbocycles. The Balaban J connectivity index is 2.28. The summed E-state index contributed by atoms with van der Waals surface area (Å²) >= 11 is 0. The average molecular weight is 252 g/mol. The Morgan fingerprint density at radius 1 is 1.50 bits per heavy atom. The lowest BCUT2D eigenvalue weighted by Gasteiger charge is -2.36. The van der Waals surface area contributed by atoms with Crippen LogP contribution in [0.3, 0.4) is 0 Å². The molecular formula is C14H17FO3. The predicted octanol–water partition coefficient (Wildman–Crippen LogP) is 2.57. The van der Waals surface area contributed by atoms with Crippen LogP contribution in [0.4, 0.5) is 4.39 Å². The minimum absolute atomic E-state index is 0.0529. The number of fused-ring (bicyclic) bond motifs is 1. The molecule has 1 atom stereocenters. The summed E-state index contributed by atoms with van der Waals surface area (Å²) in [4.78, 5) is 12.0. The molecule has 1 aliphatic rings. The van der Waals surface area contributed by atoms with Crippen molar-refractivity contribution in [3.63, 3.8) is 0 Å². The Morgan fingerprint density at radius 2 is 2.22 bits per heavy atom. The normalized spacial score (nSPS) is 19.3. The molecular weight excluding hydrogens is 235 g/mol. The van der Waals surface area contributed by atoms with E-state index in [-0.39, 0.29) is 30.3 Å². The SMILES string of the molecule is CC(C)(CCO)[C@@H]1CC(=O)c2cc(F)ccc2O1. The molecule has 0 spiro atoms. The molecule has 98 valence electrons. The van der Waals surface area contributed by atoms with E-state index in [1.165, 1.54) is 18.2 Å². The zero-order valence-electron chi connectivity index (χ0n) is 10.6. The second-order valence-electron chi connectivity index (χ2n) is 5.34. The zero-order valence-corrected chi connectivity index (χ0v) is 10.6. The number of carbonyl (C=O) groups excluding carboxylic acids is 1. The summed E-state index contributed by atoms with van der Waals surface area (Å²) in [5.41, 5.74) is 0.0160. The lowest BCUT2D eigenvalue weighted by molar-refractivity contribution is 0.0337. The number of hydrogen-bond acceptors (Lipinski definition) is 3. The molecule has 0 saturated carbocycles. The van der Waals surface area contributed by atoms with Gasteiger partial charge >= 0.3 is 0 Å². The van der Waals surface area contributed by atoms with Crippen LogP contribution in [0.25, 0.3) is 0 Å². The minimum atomic E-state index is -0.432. The van der Waals surface area contributed by atoms with E-state index < -0.39 is 5.82 Å². The van der Waals surface area contributed by atoms with Crippen LogP contribution in [0.1, 0.15) is 37.0 Å². The maximum Gasteiger partial charge on any atom is 0.170 e. The van der Waals surface area contributed by atoms with Crippen LogP contribution in [-0.4, -0.2) is 23.6 Å². The molecule has 3 nitrogen and oxygen atoms in total. The third kappa shape index (κ3) is 2.38. The van der Waals surface area contributed by atoms with Gasteiger partial charge in [0.05, 0.1) is 5.56 Å². The molecule has 4 heteroatoms. The van der Waals surface area contributed by atoms with Crippen molar-refractivity contribution in [1.29, 1.82) is 0 Å². The van der Waals surface area contributed by atoms with Crippen LogP contribution >= 0.6 is 0 Å². The van der Waals surface area contributed by atoms with Gasteiger partial charge in [0.25, 0.3) is 0 Å². The highest BCUT2D eigenvalue weighted by molar-refractivity contribution is 5.99. The van der Waals surface area contributed by atoms with Gasteiger partial charge in [-0.15, -0.1) is 0 Å². The number of hydrogen-bond donors (Lipinski definition) is 1. The van der Waals surface area contributed by atoms with Crippen molar-refractivity contribution < 1.29 is 19.0 Å². The van der Waals surface area contributed by atoms with Crippen molar-refractivity contribution in [3.05, 3.63) is 29.6 Å². The summed E-state index contributed by atoms with van der Waals surface area (Å²) in [6.45, 7) is 3.96. The molecule has 0 radical (unpaired) electrons. The van der Waals surface area contributed by atoms with Crippen LogP contribution in [0, 0.1) is 11.2 Å². The molecule has 0 unspecified atom stereocenters. The Morgan fingerprint density at radius 3 is 2.89 bits per heavy atom. The monoisotopic (exact) mass is 252 g/mol. The molecule has 0 saturated heterocycles. The van der Waals surface area contributed by atoms with Gasteiger partial charge in [0, 0.05) is 18.4 Å². The van der Waals surface area contributed by atoms with E-state index in [9.17, 15) is 9.18 Å². The lowest BCUT2D eigenvalue weighted by Crippen LogP contribution is -2.40. The number of benzene rings is 1. The average Bonchev–Trinajstić information content (AvgIpc) is 2.29. The molecule has 1 N–H and O–H groups in total. The number of ether oxygens (including phenoxy) is 1. The fourth-order valence-electron chi connectivity index (χ4n) is 2.18. The summed E-state index contributed by atoms with van der Waals surface area (Å²) in [7, 11) is 0.